The fourth-order valence-electron chi connectivity index (χ4n) is 5.72. The lowest BCUT2D eigenvalue weighted by atomic mass is 9.53. The van der Waals surface area contributed by atoms with Gasteiger partial charge in [-0.1, -0.05) is 11.6 Å². The highest BCUT2D eigenvalue weighted by molar-refractivity contribution is 7.89. The number of hydrogen-bond acceptors (Lipinski definition) is 4. The average molecular weight is 413 g/mol. The highest BCUT2D eigenvalue weighted by Crippen LogP contribution is 2.56. The molecule has 0 atom stereocenters. The first-order valence-electron chi connectivity index (χ1n) is 9.41. The van der Waals surface area contributed by atoms with E-state index in [4.69, 9.17) is 22.1 Å². The molecule has 4 bridgehead atoms. The molecule has 1 amide bonds. The molecule has 148 valence electrons. The molecule has 0 aliphatic heterocycles. The quantitative estimate of drug-likeness (QED) is 0.750. The van der Waals surface area contributed by atoms with E-state index >= 15 is 0 Å². The number of carbonyl (C=O) groups excluding carboxylic acids is 1. The molecular weight excluding hydrogens is 388 g/mol. The van der Waals surface area contributed by atoms with Gasteiger partial charge >= 0.3 is 0 Å². The first-order chi connectivity index (χ1) is 12.7. The largest absolute Gasteiger partial charge is 0.483 e. The molecule has 0 radical (unpaired) electrons. The van der Waals surface area contributed by atoms with Crippen LogP contribution in [0, 0.1) is 24.7 Å². The number of nitrogens with one attached hydrogen (secondary N) is 1. The number of nitrogens with two attached hydrogens (primary N) is 1. The summed E-state index contributed by atoms with van der Waals surface area (Å²) in [6.07, 6.45) is 6.43. The number of rotatable bonds is 6. The molecule has 4 aliphatic carbocycles. The Kier molecular flexibility index (Phi) is 4.68. The van der Waals surface area contributed by atoms with E-state index in [1.54, 1.807) is 13.0 Å². The van der Waals surface area contributed by atoms with E-state index in [1.165, 1.54) is 25.3 Å². The van der Waals surface area contributed by atoms with Crippen LogP contribution in [0.25, 0.3) is 0 Å². The molecule has 4 fully saturated rings. The molecule has 0 aromatic heterocycles. The van der Waals surface area contributed by atoms with Gasteiger partial charge in [0.1, 0.15) is 10.6 Å². The van der Waals surface area contributed by atoms with Gasteiger partial charge in [0, 0.05) is 11.6 Å². The van der Waals surface area contributed by atoms with Gasteiger partial charge in [-0.05, 0) is 74.8 Å². The molecule has 6 nitrogen and oxygen atoms in total. The minimum Gasteiger partial charge on any atom is -0.483 e. The van der Waals surface area contributed by atoms with E-state index < -0.39 is 15.9 Å². The summed E-state index contributed by atoms with van der Waals surface area (Å²) in [5.41, 5.74) is 5.42. The molecule has 0 heterocycles. The first-order valence-corrected chi connectivity index (χ1v) is 11.3. The zero-order valence-corrected chi connectivity index (χ0v) is 16.9. The number of sulfonamides is 1. The molecule has 4 aliphatic rings. The van der Waals surface area contributed by atoms with E-state index in [-0.39, 0.29) is 22.1 Å². The third-order valence-electron chi connectivity index (χ3n) is 6.28. The number of amides is 1. The summed E-state index contributed by atoms with van der Waals surface area (Å²) in [5.74, 6) is 1.55. The summed E-state index contributed by atoms with van der Waals surface area (Å²) in [7, 11) is -3.81. The number of hydrogen-bond donors (Lipinski definition) is 2. The third-order valence-corrected chi connectivity index (χ3v) is 8.32. The minimum absolute atomic E-state index is 0.00928. The van der Waals surface area contributed by atoms with E-state index in [1.807, 2.05) is 0 Å². The highest BCUT2D eigenvalue weighted by Gasteiger charge is 2.52. The zero-order valence-electron chi connectivity index (χ0n) is 15.3. The Morgan fingerprint density at radius 1 is 1.22 bits per heavy atom. The average Bonchev–Trinajstić information content (AvgIpc) is 2.51. The van der Waals surface area contributed by atoms with Gasteiger partial charge in [-0.15, -0.1) is 0 Å². The summed E-state index contributed by atoms with van der Waals surface area (Å²) < 4.78 is 34.8. The van der Waals surface area contributed by atoms with Gasteiger partial charge in [-0.25, -0.2) is 13.1 Å². The van der Waals surface area contributed by atoms with Crippen molar-refractivity contribution in [1.29, 1.82) is 0 Å². The number of carbonyl (C=O) groups is 1. The molecule has 0 saturated heterocycles. The normalized spacial score (nSPS) is 31.9. The maximum atomic E-state index is 13.2. The van der Waals surface area contributed by atoms with Crippen LogP contribution in [0.15, 0.2) is 17.0 Å². The molecule has 1 aromatic rings. The lowest BCUT2D eigenvalue weighted by molar-refractivity contribution is -0.119. The van der Waals surface area contributed by atoms with Gasteiger partial charge in [0.25, 0.3) is 5.91 Å². The monoisotopic (exact) mass is 412 g/mol. The van der Waals surface area contributed by atoms with Crippen LogP contribution in [0.5, 0.6) is 5.75 Å². The van der Waals surface area contributed by atoms with Crippen molar-refractivity contribution in [2.45, 2.75) is 55.9 Å². The van der Waals surface area contributed by atoms with Crippen molar-refractivity contribution in [2.75, 3.05) is 6.61 Å². The molecule has 0 spiro atoms. The molecule has 4 saturated carbocycles. The second-order valence-corrected chi connectivity index (χ2v) is 10.7. The summed E-state index contributed by atoms with van der Waals surface area (Å²) in [6.45, 7) is 1.43. The summed E-state index contributed by atoms with van der Waals surface area (Å²) in [4.78, 5) is 11.0. The number of benzene rings is 1. The smallest absolute Gasteiger partial charge is 0.255 e. The lowest BCUT2D eigenvalue weighted by Gasteiger charge is -2.56. The molecule has 1 aromatic carbocycles. The van der Waals surface area contributed by atoms with Gasteiger partial charge in [0.2, 0.25) is 10.0 Å². The number of halogens is 1. The van der Waals surface area contributed by atoms with Crippen LogP contribution in [0.1, 0.15) is 44.1 Å². The van der Waals surface area contributed by atoms with Crippen molar-refractivity contribution >= 4 is 27.5 Å². The van der Waals surface area contributed by atoms with Crippen molar-refractivity contribution in [3.63, 3.8) is 0 Å². The number of aryl methyl sites for hydroxylation is 1. The van der Waals surface area contributed by atoms with Crippen LogP contribution >= 0.6 is 11.6 Å². The van der Waals surface area contributed by atoms with Crippen molar-refractivity contribution in [3.05, 3.63) is 22.7 Å². The second-order valence-electron chi connectivity index (χ2n) is 8.61. The van der Waals surface area contributed by atoms with E-state index in [0.717, 1.165) is 19.3 Å². The van der Waals surface area contributed by atoms with Crippen molar-refractivity contribution in [2.24, 2.45) is 23.5 Å². The Bertz CT molecular complexity index is 849. The topological polar surface area (TPSA) is 98.5 Å². The number of primary amides is 1. The van der Waals surface area contributed by atoms with Crippen LogP contribution in [0.3, 0.4) is 0 Å². The molecule has 3 N–H and O–H groups in total. The predicted molar refractivity (Wildman–Crippen MR) is 102 cm³/mol. The molecule has 5 rings (SSSR count). The third kappa shape index (κ3) is 3.69. The van der Waals surface area contributed by atoms with Gasteiger partial charge in [0.15, 0.2) is 6.61 Å². The molecule has 8 heteroatoms. The maximum Gasteiger partial charge on any atom is 0.255 e. The lowest BCUT2D eigenvalue weighted by Crippen LogP contribution is -2.59. The summed E-state index contributed by atoms with van der Waals surface area (Å²) in [6, 6.07) is 2.94. The van der Waals surface area contributed by atoms with Crippen molar-refractivity contribution in [1.82, 2.24) is 4.72 Å². The van der Waals surface area contributed by atoms with Crippen LogP contribution in [-0.4, -0.2) is 26.5 Å². The van der Waals surface area contributed by atoms with Crippen LogP contribution in [0.2, 0.25) is 5.02 Å². The van der Waals surface area contributed by atoms with Crippen molar-refractivity contribution in [3.8, 4) is 5.75 Å². The molecule has 27 heavy (non-hydrogen) atoms. The van der Waals surface area contributed by atoms with Gasteiger partial charge in [-0.2, -0.15) is 0 Å². The minimum atomic E-state index is -3.81. The predicted octanol–water partition coefficient (Wildman–Crippen LogP) is 2.76. The summed E-state index contributed by atoms with van der Waals surface area (Å²) in [5, 5.41) is 0.149. The van der Waals surface area contributed by atoms with Crippen molar-refractivity contribution < 1.29 is 17.9 Å². The van der Waals surface area contributed by atoms with E-state index in [2.05, 4.69) is 4.72 Å². The van der Waals surface area contributed by atoms with Crippen LogP contribution in [-0.2, 0) is 14.8 Å². The zero-order chi connectivity index (χ0) is 19.4. The Balaban J connectivity index is 1.62. The Hall–Kier alpha value is -1.31. The molecule has 0 unspecified atom stereocenters. The summed E-state index contributed by atoms with van der Waals surface area (Å²) >= 11 is 6.27. The Labute approximate surface area is 164 Å². The van der Waals surface area contributed by atoms with Gasteiger partial charge < -0.3 is 10.5 Å². The van der Waals surface area contributed by atoms with E-state index in [0.29, 0.717) is 29.1 Å². The fourth-order valence-corrected chi connectivity index (χ4v) is 7.75. The standard InChI is InChI=1S/C19H25ClN2O4S/c1-11-2-15(20)17(6-16(11)26-10-18(21)23)27(24,25)22-19-7-12-3-13(8-19)5-14(4-12)9-19/h2,6,12-14,22H,3-5,7-10H2,1H3,(H2,21,23). The van der Waals surface area contributed by atoms with Crippen LogP contribution < -0.4 is 15.2 Å². The van der Waals surface area contributed by atoms with Crippen LogP contribution in [0.4, 0.5) is 0 Å². The Morgan fingerprint density at radius 3 is 2.30 bits per heavy atom. The highest BCUT2D eigenvalue weighted by atomic mass is 35.5. The van der Waals surface area contributed by atoms with Gasteiger partial charge in [0.05, 0.1) is 5.02 Å². The van der Waals surface area contributed by atoms with E-state index in [9.17, 15) is 13.2 Å². The molecular formula is C19H25ClN2O4S. The fraction of sp³-hybridized carbons (Fsp3) is 0.632. The number of ether oxygens (including phenoxy) is 1. The Morgan fingerprint density at radius 2 is 1.78 bits per heavy atom. The SMILES string of the molecule is Cc1cc(Cl)c(S(=O)(=O)NC23CC4CC(CC(C4)C2)C3)cc1OCC(N)=O. The first kappa shape index (κ1) is 19.0. The second kappa shape index (κ2) is 6.64. The van der Waals surface area contributed by atoms with Gasteiger partial charge in [-0.3, -0.25) is 4.79 Å². The maximum absolute atomic E-state index is 13.2.